The summed E-state index contributed by atoms with van der Waals surface area (Å²) in [6.45, 7) is 2.29. The number of carbonyl (C=O) groups is 1. The quantitative estimate of drug-likeness (QED) is 0.863. The van der Waals surface area contributed by atoms with Gasteiger partial charge in [-0.05, 0) is 25.0 Å². The van der Waals surface area contributed by atoms with E-state index in [-0.39, 0.29) is 17.4 Å². The van der Waals surface area contributed by atoms with Gasteiger partial charge >= 0.3 is 0 Å². The standard InChI is InChI=1S/C12H16N2O3S/c1-9-2-3-10(6-13-9)7-14-12(15)11-4-5-18(16,17)8-11/h2-3,6,11H,4-5,7-8H2,1H3,(H,14,15). The van der Waals surface area contributed by atoms with E-state index in [1.807, 2.05) is 19.1 Å². The van der Waals surface area contributed by atoms with Gasteiger partial charge in [0.05, 0.1) is 17.4 Å². The number of amides is 1. The highest BCUT2D eigenvalue weighted by atomic mass is 32.2. The van der Waals surface area contributed by atoms with Crippen LogP contribution in [0.15, 0.2) is 18.3 Å². The largest absolute Gasteiger partial charge is 0.352 e. The molecule has 0 aliphatic carbocycles. The zero-order valence-corrected chi connectivity index (χ0v) is 11.0. The molecule has 0 aromatic carbocycles. The Kier molecular flexibility index (Phi) is 3.65. The number of rotatable bonds is 3. The predicted molar refractivity (Wildman–Crippen MR) is 67.6 cm³/mol. The lowest BCUT2D eigenvalue weighted by Gasteiger charge is -2.09. The van der Waals surface area contributed by atoms with Gasteiger partial charge in [0.15, 0.2) is 9.84 Å². The van der Waals surface area contributed by atoms with Crippen LogP contribution in [-0.2, 0) is 21.2 Å². The first-order valence-corrected chi connectivity index (χ1v) is 7.68. The maximum absolute atomic E-state index is 11.8. The van der Waals surface area contributed by atoms with Crippen molar-refractivity contribution in [1.82, 2.24) is 10.3 Å². The van der Waals surface area contributed by atoms with Crippen LogP contribution in [0.25, 0.3) is 0 Å². The number of carbonyl (C=O) groups excluding carboxylic acids is 1. The number of aryl methyl sites for hydroxylation is 1. The summed E-state index contributed by atoms with van der Waals surface area (Å²) < 4.78 is 22.5. The molecule has 1 unspecified atom stereocenters. The molecule has 1 aliphatic heterocycles. The fourth-order valence-corrected chi connectivity index (χ4v) is 3.68. The summed E-state index contributed by atoms with van der Waals surface area (Å²) in [7, 11) is -3.00. The summed E-state index contributed by atoms with van der Waals surface area (Å²) in [4.78, 5) is 15.9. The molecule has 98 valence electrons. The van der Waals surface area contributed by atoms with E-state index in [1.54, 1.807) is 6.20 Å². The van der Waals surface area contributed by atoms with Gasteiger partial charge < -0.3 is 5.32 Å². The lowest BCUT2D eigenvalue weighted by atomic mass is 10.1. The minimum Gasteiger partial charge on any atom is -0.352 e. The minimum absolute atomic E-state index is 0.0228. The van der Waals surface area contributed by atoms with Gasteiger partial charge in [0.25, 0.3) is 0 Å². The van der Waals surface area contributed by atoms with E-state index in [0.717, 1.165) is 11.3 Å². The third-order valence-corrected chi connectivity index (χ3v) is 4.81. The van der Waals surface area contributed by atoms with Gasteiger partial charge in [0, 0.05) is 18.4 Å². The SMILES string of the molecule is Cc1ccc(CNC(=O)C2CCS(=O)(=O)C2)cn1. The first-order valence-electron chi connectivity index (χ1n) is 5.86. The van der Waals surface area contributed by atoms with Gasteiger partial charge in [-0.3, -0.25) is 9.78 Å². The topological polar surface area (TPSA) is 76.1 Å². The van der Waals surface area contributed by atoms with Crippen LogP contribution in [0.1, 0.15) is 17.7 Å². The molecule has 1 aromatic heterocycles. The number of nitrogens with one attached hydrogen (secondary N) is 1. The summed E-state index contributed by atoms with van der Waals surface area (Å²) in [6, 6.07) is 3.77. The maximum atomic E-state index is 11.8. The van der Waals surface area contributed by atoms with E-state index in [4.69, 9.17) is 0 Å². The lowest BCUT2D eigenvalue weighted by Crippen LogP contribution is -2.30. The zero-order valence-electron chi connectivity index (χ0n) is 10.2. The van der Waals surface area contributed by atoms with Crippen molar-refractivity contribution in [2.75, 3.05) is 11.5 Å². The van der Waals surface area contributed by atoms with E-state index in [9.17, 15) is 13.2 Å². The predicted octanol–water partition coefficient (Wildman–Crippen LogP) is 0.441. The van der Waals surface area contributed by atoms with Gasteiger partial charge in [0.1, 0.15) is 0 Å². The highest BCUT2D eigenvalue weighted by molar-refractivity contribution is 7.91. The van der Waals surface area contributed by atoms with E-state index in [1.165, 1.54) is 0 Å². The molecule has 1 N–H and O–H groups in total. The molecule has 1 amide bonds. The van der Waals surface area contributed by atoms with Crippen LogP contribution in [0.4, 0.5) is 0 Å². The van der Waals surface area contributed by atoms with Crippen molar-refractivity contribution < 1.29 is 13.2 Å². The fourth-order valence-electron chi connectivity index (χ4n) is 1.94. The molecule has 1 saturated heterocycles. The second kappa shape index (κ2) is 5.06. The van der Waals surface area contributed by atoms with Crippen molar-refractivity contribution in [2.45, 2.75) is 19.9 Å². The Morgan fingerprint density at radius 2 is 2.28 bits per heavy atom. The molecule has 0 spiro atoms. The van der Waals surface area contributed by atoms with Gasteiger partial charge in [-0.1, -0.05) is 6.07 Å². The molecule has 1 aromatic rings. The van der Waals surface area contributed by atoms with E-state index in [2.05, 4.69) is 10.3 Å². The normalized spacial score (nSPS) is 21.7. The molecule has 0 bridgehead atoms. The Morgan fingerprint density at radius 1 is 1.50 bits per heavy atom. The molecule has 0 saturated carbocycles. The molecule has 1 aliphatic rings. The molecule has 0 radical (unpaired) electrons. The van der Waals surface area contributed by atoms with Crippen molar-refractivity contribution in [3.63, 3.8) is 0 Å². The summed E-state index contributed by atoms with van der Waals surface area (Å²) in [5, 5.41) is 2.75. The zero-order chi connectivity index (χ0) is 13.2. The monoisotopic (exact) mass is 268 g/mol. The third-order valence-electron chi connectivity index (χ3n) is 3.04. The van der Waals surface area contributed by atoms with Crippen molar-refractivity contribution in [3.8, 4) is 0 Å². The second-order valence-electron chi connectivity index (χ2n) is 4.63. The highest BCUT2D eigenvalue weighted by Gasteiger charge is 2.32. The van der Waals surface area contributed by atoms with Crippen LogP contribution in [0, 0.1) is 12.8 Å². The minimum atomic E-state index is -3.00. The summed E-state index contributed by atoms with van der Waals surface area (Å²) in [5.41, 5.74) is 1.83. The van der Waals surface area contributed by atoms with Crippen molar-refractivity contribution in [3.05, 3.63) is 29.6 Å². The van der Waals surface area contributed by atoms with Crippen molar-refractivity contribution in [2.24, 2.45) is 5.92 Å². The first kappa shape index (κ1) is 13.0. The fraction of sp³-hybridized carbons (Fsp3) is 0.500. The van der Waals surface area contributed by atoms with Gasteiger partial charge in [-0.15, -0.1) is 0 Å². The van der Waals surface area contributed by atoms with Gasteiger partial charge in [0.2, 0.25) is 5.91 Å². The first-order chi connectivity index (χ1) is 8.46. The van der Waals surface area contributed by atoms with E-state index < -0.39 is 15.8 Å². The van der Waals surface area contributed by atoms with Crippen LogP contribution in [0.2, 0.25) is 0 Å². The highest BCUT2D eigenvalue weighted by Crippen LogP contribution is 2.18. The van der Waals surface area contributed by atoms with Gasteiger partial charge in [-0.25, -0.2) is 8.42 Å². The Balaban J connectivity index is 1.87. The maximum Gasteiger partial charge on any atom is 0.224 e. The Bertz CT molecular complexity index is 537. The molecule has 5 nitrogen and oxygen atoms in total. The molecule has 1 atom stereocenters. The molecule has 6 heteroatoms. The molecular formula is C12H16N2O3S. The smallest absolute Gasteiger partial charge is 0.224 e. The van der Waals surface area contributed by atoms with Crippen molar-refractivity contribution >= 4 is 15.7 Å². The van der Waals surface area contributed by atoms with Crippen LogP contribution in [-0.4, -0.2) is 30.8 Å². The Morgan fingerprint density at radius 3 is 2.83 bits per heavy atom. The number of hydrogen-bond acceptors (Lipinski definition) is 4. The van der Waals surface area contributed by atoms with Crippen LogP contribution < -0.4 is 5.32 Å². The summed E-state index contributed by atoms with van der Waals surface area (Å²) >= 11 is 0. The van der Waals surface area contributed by atoms with Gasteiger partial charge in [-0.2, -0.15) is 0 Å². The molecule has 2 heterocycles. The third kappa shape index (κ3) is 3.29. The Hall–Kier alpha value is -1.43. The number of nitrogens with zero attached hydrogens (tertiary/aromatic N) is 1. The average Bonchev–Trinajstić information content (AvgIpc) is 2.69. The number of pyridine rings is 1. The van der Waals surface area contributed by atoms with E-state index in [0.29, 0.717) is 13.0 Å². The molecule has 18 heavy (non-hydrogen) atoms. The van der Waals surface area contributed by atoms with Crippen LogP contribution >= 0.6 is 0 Å². The number of sulfone groups is 1. The van der Waals surface area contributed by atoms with Crippen LogP contribution in [0.5, 0.6) is 0 Å². The summed E-state index contributed by atoms with van der Waals surface area (Å²) in [5.74, 6) is -0.479. The molecule has 2 rings (SSSR count). The van der Waals surface area contributed by atoms with Crippen molar-refractivity contribution in [1.29, 1.82) is 0 Å². The molecular weight excluding hydrogens is 252 g/mol. The van der Waals surface area contributed by atoms with Crippen LogP contribution in [0.3, 0.4) is 0 Å². The number of hydrogen-bond donors (Lipinski definition) is 1. The average molecular weight is 268 g/mol. The second-order valence-corrected chi connectivity index (χ2v) is 6.85. The summed E-state index contributed by atoms with van der Waals surface area (Å²) in [6.07, 6.45) is 2.14. The van der Waals surface area contributed by atoms with E-state index >= 15 is 0 Å². The Labute approximate surface area is 107 Å². The lowest BCUT2D eigenvalue weighted by molar-refractivity contribution is -0.124. The number of aromatic nitrogens is 1. The molecule has 1 fully saturated rings.